The number of hydrogen-bond acceptors (Lipinski definition) is 4. The van der Waals surface area contributed by atoms with Gasteiger partial charge in [0.25, 0.3) is 11.8 Å². The van der Waals surface area contributed by atoms with Crippen molar-refractivity contribution in [2.75, 3.05) is 37.6 Å². The molecule has 1 fully saturated rings. The van der Waals surface area contributed by atoms with E-state index in [1.54, 1.807) is 12.1 Å². The van der Waals surface area contributed by atoms with E-state index in [0.29, 0.717) is 31.0 Å². The fourth-order valence-corrected chi connectivity index (χ4v) is 3.41. The highest BCUT2D eigenvalue weighted by atomic mass is 19.4. The zero-order valence-corrected chi connectivity index (χ0v) is 17.3. The number of pyridine rings is 1. The number of amides is 2. The third-order valence-electron chi connectivity index (χ3n) is 5.18. The van der Waals surface area contributed by atoms with Crippen LogP contribution in [0.3, 0.4) is 0 Å². The minimum atomic E-state index is -4.58. The van der Waals surface area contributed by atoms with Crippen LogP contribution in [0.25, 0.3) is 0 Å². The number of unbranched alkanes of at least 4 members (excludes halogenated alkanes) is 1. The summed E-state index contributed by atoms with van der Waals surface area (Å²) in [5, 5.41) is 2.83. The van der Waals surface area contributed by atoms with E-state index >= 15 is 0 Å². The van der Waals surface area contributed by atoms with Crippen LogP contribution in [0.1, 0.15) is 46.0 Å². The van der Waals surface area contributed by atoms with Gasteiger partial charge in [0.1, 0.15) is 5.82 Å². The Morgan fingerprint density at radius 2 is 1.77 bits per heavy atom. The molecule has 1 N–H and O–H groups in total. The number of halogens is 3. The van der Waals surface area contributed by atoms with Crippen LogP contribution in [0.2, 0.25) is 0 Å². The maximum absolute atomic E-state index is 13.2. The van der Waals surface area contributed by atoms with E-state index < -0.39 is 17.6 Å². The molecule has 0 atom stereocenters. The van der Waals surface area contributed by atoms with Crippen LogP contribution in [0, 0.1) is 0 Å². The molecule has 9 heteroatoms. The summed E-state index contributed by atoms with van der Waals surface area (Å²) in [4.78, 5) is 32.5. The van der Waals surface area contributed by atoms with E-state index in [1.807, 2.05) is 11.8 Å². The fraction of sp³-hybridized carbons (Fsp3) is 0.409. The lowest BCUT2D eigenvalue weighted by Crippen LogP contribution is -2.49. The highest BCUT2D eigenvalue weighted by Crippen LogP contribution is 2.32. The van der Waals surface area contributed by atoms with Crippen molar-refractivity contribution in [2.24, 2.45) is 0 Å². The molecular formula is C22H25F3N4O2. The van der Waals surface area contributed by atoms with Gasteiger partial charge in [0.05, 0.1) is 16.7 Å². The number of benzene rings is 1. The van der Waals surface area contributed by atoms with Crippen molar-refractivity contribution in [2.45, 2.75) is 25.9 Å². The van der Waals surface area contributed by atoms with Gasteiger partial charge in [-0.15, -0.1) is 0 Å². The molecule has 2 aromatic rings. The Balaban J connectivity index is 1.60. The molecule has 1 saturated heterocycles. The van der Waals surface area contributed by atoms with Crippen molar-refractivity contribution in [3.8, 4) is 0 Å². The van der Waals surface area contributed by atoms with Crippen LogP contribution in [-0.2, 0) is 6.18 Å². The first kappa shape index (κ1) is 22.6. The molecule has 3 rings (SSSR count). The van der Waals surface area contributed by atoms with Crippen molar-refractivity contribution < 1.29 is 22.8 Å². The van der Waals surface area contributed by atoms with Gasteiger partial charge >= 0.3 is 6.18 Å². The number of nitrogens with one attached hydrogen (secondary N) is 1. The van der Waals surface area contributed by atoms with Crippen molar-refractivity contribution in [3.05, 3.63) is 59.3 Å². The van der Waals surface area contributed by atoms with E-state index in [9.17, 15) is 22.8 Å². The molecule has 0 radical (unpaired) electrons. The van der Waals surface area contributed by atoms with Crippen LogP contribution in [0.5, 0.6) is 0 Å². The third-order valence-corrected chi connectivity index (χ3v) is 5.18. The van der Waals surface area contributed by atoms with Crippen molar-refractivity contribution in [1.29, 1.82) is 0 Å². The second-order valence-electron chi connectivity index (χ2n) is 7.34. The van der Waals surface area contributed by atoms with Gasteiger partial charge in [-0.1, -0.05) is 25.5 Å². The number of alkyl halides is 3. The fourth-order valence-electron chi connectivity index (χ4n) is 3.41. The van der Waals surface area contributed by atoms with Crippen LogP contribution in [0.15, 0.2) is 42.6 Å². The van der Waals surface area contributed by atoms with Gasteiger partial charge in [-0.25, -0.2) is 4.98 Å². The quantitative estimate of drug-likeness (QED) is 0.706. The largest absolute Gasteiger partial charge is 0.417 e. The number of carbonyl (C=O) groups is 2. The Kier molecular flexibility index (Phi) is 7.14. The summed E-state index contributed by atoms with van der Waals surface area (Å²) >= 11 is 0. The first-order chi connectivity index (χ1) is 14.8. The van der Waals surface area contributed by atoms with E-state index in [-0.39, 0.29) is 24.6 Å². The molecule has 2 heterocycles. The van der Waals surface area contributed by atoms with Crippen molar-refractivity contribution in [3.63, 3.8) is 0 Å². The van der Waals surface area contributed by atoms with Crippen LogP contribution in [-0.4, -0.2) is 54.4 Å². The van der Waals surface area contributed by atoms with E-state index in [1.165, 1.54) is 29.3 Å². The molecule has 166 valence electrons. The summed E-state index contributed by atoms with van der Waals surface area (Å²) < 4.78 is 39.7. The first-order valence-electron chi connectivity index (χ1n) is 10.3. The molecule has 0 bridgehead atoms. The Morgan fingerprint density at radius 3 is 2.39 bits per heavy atom. The zero-order valence-electron chi connectivity index (χ0n) is 17.3. The van der Waals surface area contributed by atoms with Crippen molar-refractivity contribution >= 4 is 17.6 Å². The molecule has 0 unspecified atom stereocenters. The number of anilines is 1. The van der Waals surface area contributed by atoms with Gasteiger partial charge in [0.2, 0.25) is 0 Å². The number of piperazine rings is 1. The van der Waals surface area contributed by atoms with Crippen LogP contribution < -0.4 is 10.2 Å². The average molecular weight is 434 g/mol. The second-order valence-corrected chi connectivity index (χ2v) is 7.34. The maximum Gasteiger partial charge on any atom is 0.417 e. The topological polar surface area (TPSA) is 65.5 Å². The zero-order chi connectivity index (χ0) is 22.4. The molecule has 0 aliphatic carbocycles. The first-order valence-corrected chi connectivity index (χ1v) is 10.3. The third kappa shape index (κ3) is 5.53. The lowest BCUT2D eigenvalue weighted by Gasteiger charge is -2.35. The van der Waals surface area contributed by atoms with Gasteiger partial charge in [-0.3, -0.25) is 9.59 Å². The lowest BCUT2D eigenvalue weighted by atomic mass is 10.1. The van der Waals surface area contributed by atoms with E-state index in [0.717, 1.165) is 18.9 Å². The summed E-state index contributed by atoms with van der Waals surface area (Å²) in [5.74, 6) is -0.140. The Hall–Kier alpha value is -3.10. The van der Waals surface area contributed by atoms with Gasteiger partial charge in [-0.05, 0) is 30.7 Å². The highest BCUT2D eigenvalue weighted by Gasteiger charge is 2.36. The van der Waals surface area contributed by atoms with Crippen LogP contribution >= 0.6 is 0 Å². The molecule has 2 amide bonds. The van der Waals surface area contributed by atoms with Crippen molar-refractivity contribution in [1.82, 2.24) is 15.2 Å². The number of hydrogen-bond donors (Lipinski definition) is 1. The smallest absolute Gasteiger partial charge is 0.353 e. The van der Waals surface area contributed by atoms with E-state index in [2.05, 4.69) is 10.3 Å². The molecular weight excluding hydrogens is 409 g/mol. The van der Waals surface area contributed by atoms with Crippen LogP contribution in [0.4, 0.5) is 19.0 Å². The summed E-state index contributed by atoms with van der Waals surface area (Å²) in [6.45, 7) is 4.11. The molecule has 1 aliphatic rings. The highest BCUT2D eigenvalue weighted by molar-refractivity contribution is 5.96. The molecule has 0 saturated carbocycles. The van der Waals surface area contributed by atoms with Gasteiger partial charge in [0, 0.05) is 38.9 Å². The minimum absolute atomic E-state index is 0.175. The monoisotopic (exact) mass is 434 g/mol. The molecule has 6 nitrogen and oxygen atoms in total. The summed E-state index contributed by atoms with van der Waals surface area (Å²) in [7, 11) is 0. The predicted octanol–water partition coefficient (Wildman–Crippen LogP) is 3.59. The Labute approximate surface area is 179 Å². The number of carbonyl (C=O) groups excluding carboxylic acids is 2. The minimum Gasteiger partial charge on any atom is -0.353 e. The summed E-state index contributed by atoms with van der Waals surface area (Å²) in [5.41, 5.74) is -0.783. The summed E-state index contributed by atoms with van der Waals surface area (Å²) in [6, 6.07) is 8.28. The number of nitrogens with zero attached hydrogens (tertiary/aromatic N) is 3. The number of rotatable bonds is 6. The average Bonchev–Trinajstić information content (AvgIpc) is 2.78. The maximum atomic E-state index is 13.2. The Morgan fingerprint density at radius 1 is 1.06 bits per heavy atom. The standard InChI is InChI=1S/C22H25F3N4O2/c1-2-3-10-26-20(30)16-8-9-19(27-15-16)28-11-13-29(14-12-28)21(31)17-6-4-5-7-18(17)22(23,24)25/h4-9,15H,2-3,10-14H2,1H3,(H,26,30). The number of aromatic nitrogens is 1. The normalized spacial score (nSPS) is 14.5. The second kappa shape index (κ2) is 9.80. The van der Waals surface area contributed by atoms with Gasteiger partial charge < -0.3 is 15.1 Å². The van der Waals surface area contributed by atoms with Gasteiger partial charge in [-0.2, -0.15) is 13.2 Å². The molecule has 1 aliphatic heterocycles. The lowest BCUT2D eigenvalue weighted by molar-refractivity contribution is -0.138. The molecule has 31 heavy (non-hydrogen) atoms. The predicted molar refractivity (Wildman–Crippen MR) is 111 cm³/mol. The summed E-state index contributed by atoms with van der Waals surface area (Å²) in [6.07, 6.45) is -1.17. The molecule has 0 spiro atoms. The molecule has 1 aromatic heterocycles. The van der Waals surface area contributed by atoms with E-state index in [4.69, 9.17) is 0 Å². The molecule has 1 aromatic carbocycles. The Bertz CT molecular complexity index is 908. The SMILES string of the molecule is CCCCNC(=O)c1ccc(N2CCN(C(=O)c3ccccc3C(F)(F)F)CC2)nc1. The van der Waals surface area contributed by atoms with Gasteiger partial charge in [0.15, 0.2) is 0 Å².